The van der Waals surface area contributed by atoms with Crippen LogP contribution in [0.25, 0.3) is 11.0 Å². The van der Waals surface area contributed by atoms with Gasteiger partial charge in [-0.3, -0.25) is 4.98 Å². The van der Waals surface area contributed by atoms with Crippen molar-refractivity contribution < 1.29 is 13.5 Å². The molecule has 1 N–H and O–H groups in total. The topological polar surface area (TPSA) is 63.2 Å². The first kappa shape index (κ1) is 19.0. The van der Waals surface area contributed by atoms with Crippen molar-refractivity contribution in [1.82, 2.24) is 15.0 Å². The highest BCUT2D eigenvalue weighted by atomic mass is 19.1. The van der Waals surface area contributed by atoms with Crippen LogP contribution in [0.5, 0.6) is 5.75 Å². The third-order valence-corrected chi connectivity index (χ3v) is 5.59. The van der Waals surface area contributed by atoms with E-state index in [4.69, 9.17) is 14.7 Å². The molecule has 5 rings (SSSR count). The third kappa shape index (κ3) is 3.86. The monoisotopic (exact) mass is 411 g/mol. The van der Waals surface area contributed by atoms with Crippen LogP contribution in [0.4, 0.5) is 20.4 Å². The number of aryl methyl sites for hydroxylation is 1. The average Bonchev–Trinajstić information content (AvgIpc) is 3.55. The van der Waals surface area contributed by atoms with Crippen molar-refractivity contribution >= 4 is 22.7 Å². The number of halogens is 2. The van der Waals surface area contributed by atoms with E-state index in [1.165, 1.54) is 12.1 Å². The van der Waals surface area contributed by atoms with Gasteiger partial charge in [0.1, 0.15) is 17.4 Å². The zero-order valence-electron chi connectivity index (χ0n) is 16.7. The van der Waals surface area contributed by atoms with E-state index in [2.05, 4.69) is 15.2 Å². The highest BCUT2D eigenvalue weighted by molar-refractivity contribution is 5.82. The molecule has 0 spiro atoms. The number of rotatable bonds is 5. The molecule has 2 aromatic heterocycles. The van der Waals surface area contributed by atoms with E-state index >= 15 is 0 Å². The Kier molecular flexibility index (Phi) is 4.84. The molecule has 0 radical (unpaired) electrons. The van der Waals surface area contributed by atoms with Crippen LogP contribution in [0.1, 0.15) is 31.4 Å². The number of piperidine rings is 1. The van der Waals surface area contributed by atoms with E-state index in [-0.39, 0.29) is 11.9 Å². The summed E-state index contributed by atoms with van der Waals surface area (Å²) in [4.78, 5) is 16.3. The lowest BCUT2D eigenvalue weighted by Gasteiger charge is -2.33. The van der Waals surface area contributed by atoms with Gasteiger partial charge in [0, 0.05) is 44.2 Å². The minimum atomic E-state index is -0.670. The summed E-state index contributed by atoms with van der Waals surface area (Å²) in [6.45, 7) is 3.37. The number of ether oxygens (including phenoxy) is 1. The Morgan fingerprint density at radius 2 is 1.87 bits per heavy atom. The fraction of sp³-hybridized carbons (Fsp3) is 0.409. The molecule has 8 heteroatoms. The van der Waals surface area contributed by atoms with E-state index in [0.717, 1.165) is 47.3 Å². The number of hydrogen-bond donors (Lipinski definition) is 1. The molecule has 2 aliphatic rings. The summed E-state index contributed by atoms with van der Waals surface area (Å²) < 4.78 is 32.8. The molecule has 1 aliphatic heterocycles. The normalized spacial score (nSPS) is 17.4. The van der Waals surface area contributed by atoms with Gasteiger partial charge in [0.15, 0.2) is 23.2 Å². The molecule has 0 bridgehead atoms. The number of nitrogens with zero attached hydrogens (tertiary/aromatic N) is 4. The maximum absolute atomic E-state index is 13.9. The fourth-order valence-electron chi connectivity index (χ4n) is 3.78. The molecule has 6 nitrogen and oxygen atoms in total. The maximum Gasteiger partial charge on any atom is 0.172 e. The van der Waals surface area contributed by atoms with Crippen LogP contribution in [-0.2, 0) is 0 Å². The summed E-state index contributed by atoms with van der Waals surface area (Å²) in [6, 6.07) is 5.75. The van der Waals surface area contributed by atoms with Crippen molar-refractivity contribution in [2.75, 3.05) is 23.3 Å². The highest BCUT2D eigenvalue weighted by Crippen LogP contribution is 2.33. The van der Waals surface area contributed by atoms with E-state index < -0.39 is 11.6 Å². The summed E-state index contributed by atoms with van der Waals surface area (Å²) in [7, 11) is 0. The largest absolute Gasteiger partial charge is 0.487 e. The first-order valence-electron chi connectivity index (χ1n) is 10.3. The van der Waals surface area contributed by atoms with Crippen LogP contribution in [0.2, 0.25) is 0 Å². The van der Waals surface area contributed by atoms with Gasteiger partial charge in [-0.1, -0.05) is 0 Å². The van der Waals surface area contributed by atoms with Crippen LogP contribution in [0.15, 0.2) is 30.5 Å². The lowest BCUT2D eigenvalue weighted by Crippen LogP contribution is -2.39. The highest BCUT2D eigenvalue weighted by Gasteiger charge is 2.28. The van der Waals surface area contributed by atoms with Crippen LogP contribution in [0.3, 0.4) is 0 Å². The Bertz CT molecular complexity index is 1080. The molecule has 3 heterocycles. The Hall–Kier alpha value is -3.03. The number of hydrogen-bond acceptors (Lipinski definition) is 6. The van der Waals surface area contributed by atoms with Crippen LogP contribution in [-0.4, -0.2) is 40.2 Å². The minimum absolute atomic E-state index is 0.0955. The van der Waals surface area contributed by atoms with Gasteiger partial charge >= 0.3 is 0 Å². The van der Waals surface area contributed by atoms with E-state index in [9.17, 15) is 8.78 Å². The van der Waals surface area contributed by atoms with Gasteiger partial charge in [0.25, 0.3) is 0 Å². The number of aromatic nitrogens is 3. The fourth-order valence-corrected chi connectivity index (χ4v) is 3.78. The molecular weight excluding hydrogens is 388 g/mol. The summed E-state index contributed by atoms with van der Waals surface area (Å²) in [5, 5.41) is 3.51. The van der Waals surface area contributed by atoms with Gasteiger partial charge in [-0.05, 0) is 38.0 Å². The average molecular weight is 411 g/mol. The van der Waals surface area contributed by atoms with Crippen LogP contribution < -0.4 is 15.0 Å². The van der Waals surface area contributed by atoms with Crippen molar-refractivity contribution in [3.05, 3.63) is 47.8 Å². The molecule has 0 amide bonds. The van der Waals surface area contributed by atoms with E-state index in [0.29, 0.717) is 32.0 Å². The molecule has 1 aliphatic carbocycles. The molecule has 156 valence electrons. The lowest BCUT2D eigenvalue weighted by molar-refractivity contribution is 0.163. The second-order valence-electron chi connectivity index (χ2n) is 7.96. The summed E-state index contributed by atoms with van der Waals surface area (Å²) in [5.74, 6) is 0.455. The predicted octanol–water partition coefficient (Wildman–Crippen LogP) is 4.23. The van der Waals surface area contributed by atoms with E-state index in [1.54, 1.807) is 6.20 Å². The summed E-state index contributed by atoms with van der Waals surface area (Å²) in [6.07, 6.45) is 5.35. The van der Waals surface area contributed by atoms with Crippen LogP contribution >= 0.6 is 0 Å². The standard InChI is InChI=1S/C22H23F2N5O/c1-13-20-18(6-9-25-13)27-21(26-15-3-4-15)22(28-20)29-10-7-16(8-11-29)30-19-5-2-14(23)12-17(19)24/h2,5-6,9,12,15-16H,3-4,7-8,10-11H2,1H3,(H,26,27). The Labute approximate surface area is 173 Å². The number of nitrogens with one attached hydrogen (secondary N) is 1. The Balaban J connectivity index is 1.35. The van der Waals surface area contributed by atoms with Crippen molar-refractivity contribution in [2.24, 2.45) is 0 Å². The van der Waals surface area contributed by atoms with Crippen molar-refractivity contribution in [1.29, 1.82) is 0 Å². The molecule has 1 aromatic carbocycles. The van der Waals surface area contributed by atoms with Gasteiger partial charge in [-0.25, -0.2) is 18.7 Å². The minimum Gasteiger partial charge on any atom is -0.487 e. The summed E-state index contributed by atoms with van der Waals surface area (Å²) >= 11 is 0. The number of pyridine rings is 1. The molecule has 1 saturated heterocycles. The molecule has 30 heavy (non-hydrogen) atoms. The number of fused-ring (bicyclic) bond motifs is 1. The quantitative estimate of drug-likeness (QED) is 0.678. The SMILES string of the molecule is Cc1nccc2nc(NC3CC3)c(N3CCC(Oc4ccc(F)cc4F)CC3)nc12. The maximum atomic E-state index is 13.9. The Morgan fingerprint density at radius 3 is 2.60 bits per heavy atom. The molecule has 1 saturated carbocycles. The van der Waals surface area contributed by atoms with Gasteiger partial charge in [-0.2, -0.15) is 0 Å². The van der Waals surface area contributed by atoms with Gasteiger partial charge < -0.3 is 15.0 Å². The first-order chi connectivity index (χ1) is 14.6. The molecule has 0 atom stereocenters. The molecule has 3 aromatic rings. The molecule has 0 unspecified atom stereocenters. The second-order valence-corrected chi connectivity index (χ2v) is 7.96. The molecule has 2 fully saturated rings. The van der Waals surface area contributed by atoms with Crippen molar-refractivity contribution in [3.8, 4) is 5.75 Å². The van der Waals surface area contributed by atoms with E-state index in [1.807, 2.05) is 13.0 Å². The second kappa shape index (κ2) is 7.66. The first-order valence-corrected chi connectivity index (χ1v) is 10.3. The smallest absolute Gasteiger partial charge is 0.172 e. The van der Waals surface area contributed by atoms with Crippen molar-refractivity contribution in [3.63, 3.8) is 0 Å². The van der Waals surface area contributed by atoms with Gasteiger partial charge in [-0.15, -0.1) is 0 Å². The lowest BCUT2D eigenvalue weighted by atomic mass is 10.1. The molecular formula is C22H23F2N5O. The van der Waals surface area contributed by atoms with Crippen LogP contribution in [0, 0.1) is 18.6 Å². The third-order valence-electron chi connectivity index (χ3n) is 5.59. The number of anilines is 2. The van der Waals surface area contributed by atoms with Crippen molar-refractivity contribution in [2.45, 2.75) is 44.8 Å². The Morgan fingerprint density at radius 1 is 1.07 bits per heavy atom. The van der Waals surface area contributed by atoms with Gasteiger partial charge in [0.2, 0.25) is 0 Å². The summed E-state index contributed by atoms with van der Waals surface area (Å²) in [5.41, 5.74) is 2.49. The number of benzene rings is 1. The van der Waals surface area contributed by atoms with Gasteiger partial charge in [0.05, 0.1) is 11.2 Å². The zero-order valence-corrected chi connectivity index (χ0v) is 16.7. The zero-order chi connectivity index (χ0) is 20.7. The predicted molar refractivity (Wildman–Crippen MR) is 111 cm³/mol.